The Balaban J connectivity index is 2.10. The highest BCUT2D eigenvalue weighted by Crippen LogP contribution is 2.31. The Morgan fingerprint density at radius 2 is 1.90 bits per heavy atom. The van der Waals surface area contributed by atoms with E-state index >= 15 is 0 Å². The number of ether oxygens (including phenoxy) is 1. The lowest BCUT2D eigenvalue weighted by atomic mass is 10.1. The third-order valence-electron chi connectivity index (χ3n) is 3.20. The second-order valence-corrected chi connectivity index (χ2v) is 6.57. The molecule has 1 N–H and O–H groups in total. The van der Waals surface area contributed by atoms with Crippen LogP contribution in [0.25, 0.3) is 0 Å². The predicted molar refractivity (Wildman–Crippen MR) is 97.4 cm³/mol. The normalized spacial score (nSPS) is 12.2. The molecule has 0 aromatic heterocycles. The lowest BCUT2D eigenvalue weighted by molar-refractivity contribution is 0.482. The van der Waals surface area contributed by atoms with Gasteiger partial charge in [-0.3, -0.25) is 0 Å². The van der Waals surface area contributed by atoms with Gasteiger partial charge in [-0.2, -0.15) is 0 Å². The van der Waals surface area contributed by atoms with E-state index in [0.29, 0.717) is 10.8 Å². The molecule has 2 nitrogen and oxygen atoms in total. The fourth-order valence-corrected chi connectivity index (χ4v) is 2.56. The monoisotopic (exact) mass is 415 g/mol. The SMILES string of the molecule is CCCNC(C)c1ccc(Oc2ccc(I)cc2)c(Cl)c1. The van der Waals surface area contributed by atoms with Gasteiger partial charge in [-0.05, 0) is 84.4 Å². The van der Waals surface area contributed by atoms with Crippen molar-refractivity contribution in [3.8, 4) is 11.5 Å². The molecule has 0 saturated heterocycles. The molecule has 0 amide bonds. The summed E-state index contributed by atoms with van der Waals surface area (Å²) in [5.41, 5.74) is 1.17. The van der Waals surface area contributed by atoms with Crippen LogP contribution in [0.4, 0.5) is 0 Å². The molecule has 0 radical (unpaired) electrons. The van der Waals surface area contributed by atoms with Crippen LogP contribution >= 0.6 is 34.2 Å². The molecule has 112 valence electrons. The predicted octanol–water partition coefficient (Wildman–Crippen LogP) is 5.80. The standard InChI is InChI=1S/C17H19ClINO/c1-3-10-20-12(2)13-4-9-17(16(18)11-13)21-15-7-5-14(19)6-8-15/h4-9,11-12,20H,3,10H2,1-2H3. The summed E-state index contributed by atoms with van der Waals surface area (Å²) in [6.07, 6.45) is 1.12. The number of benzene rings is 2. The van der Waals surface area contributed by atoms with E-state index in [1.807, 2.05) is 36.4 Å². The smallest absolute Gasteiger partial charge is 0.146 e. The van der Waals surface area contributed by atoms with Gasteiger partial charge in [0.05, 0.1) is 5.02 Å². The maximum absolute atomic E-state index is 6.33. The highest BCUT2D eigenvalue weighted by atomic mass is 127. The largest absolute Gasteiger partial charge is 0.456 e. The lowest BCUT2D eigenvalue weighted by Crippen LogP contribution is -2.19. The molecule has 0 aliphatic rings. The van der Waals surface area contributed by atoms with Crippen molar-refractivity contribution in [2.75, 3.05) is 6.54 Å². The van der Waals surface area contributed by atoms with Gasteiger partial charge in [-0.15, -0.1) is 0 Å². The Labute approximate surface area is 145 Å². The van der Waals surface area contributed by atoms with E-state index in [1.165, 1.54) is 9.13 Å². The molecule has 0 fully saturated rings. The van der Waals surface area contributed by atoms with Gasteiger partial charge in [0, 0.05) is 9.61 Å². The minimum atomic E-state index is 0.287. The van der Waals surface area contributed by atoms with Crippen LogP contribution < -0.4 is 10.1 Å². The summed E-state index contributed by atoms with van der Waals surface area (Å²) in [7, 11) is 0. The zero-order chi connectivity index (χ0) is 15.2. The van der Waals surface area contributed by atoms with Crippen molar-refractivity contribution >= 4 is 34.2 Å². The number of rotatable bonds is 6. The molecule has 1 unspecified atom stereocenters. The van der Waals surface area contributed by atoms with Crippen LogP contribution in [0.3, 0.4) is 0 Å². The van der Waals surface area contributed by atoms with Crippen molar-refractivity contribution in [1.82, 2.24) is 5.32 Å². The van der Waals surface area contributed by atoms with E-state index in [1.54, 1.807) is 0 Å². The van der Waals surface area contributed by atoms with Gasteiger partial charge in [-0.1, -0.05) is 24.6 Å². The van der Waals surface area contributed by atoms with E-state index in [0.717, 1.165) is 18.7 Å². The van der Waals surface area contributed by atoms with Crippen molar-refractivity contribution in [1.29, 1.82) is 0 Å². The average molecular weight is 416 g/mol. The molecular weight excluding hydrogens is 397 g/mol. The van der Waals surface area contributed by atoms with Gasteiger partial charge >= 0.3 is 0 Å². The van der Waals surface area contributed by atoms with Crippen LogP contribution in [0.5, 0.6) is 11.5 Å². The molecule has 0 spiro atoms. The quantitative estimate of drug-likeness (QED) is 0.602. The average Bonchev–Trinajstić information content (AvgIpc) is 2.49. The molecule has 2 aromatic carbocycles. The van der Waals surface area contributed by atoms with E-state index < -0.39 is 0 Å². The summed E-state index contributed by atoms with van der Waals surface area (Å²) in [4.78, 5) is 0. The van der Waals surface area contributed by atoms with Crippen LogP contribution in [0.1, 0.15) is 31.9 Å². The van der Waals surface area contributed by atoms with Crippen molar-refractivity contribution < 1.29 is 4.74 Å². The van der Waals surface area contributed by atoms with E-state index in [2.05, 4.69) is 47.8 Å². The topological polar surface area (TPSA) is 21.3 Å². The molecule has 1 atom stereocenters. The summed E-state index contributed by atoms with van der Waals surface area (Å²) in [5, 5.41) is 4.09. The summed E-state index contributed by atoms with van der Waals surface area (Å²) in [5.74, 6) is 1.48. The van der Waals surface area contributed by atoms with Gasteiger partial charge < -0.3 is 10.1 Å². The fourth-order valence-electron chi connectivity index (χ4n) is 1.98. The summed E-state index contributed by atoms with van der Waals surface area (Å²) < 4.78 is 7.00. The Morgan fingerprint density at radius 3 is 2.52 bits per heavy atom. The Morgan fingerprint density at radius 1 is 1.19 bits per heavy atom. The van der Waals surface area contributed by atoms with Gasteiger partial charge in [0.15, 0.2) is 0 Å². The molecule has 4 heteroatoms. The Hall–Kier alpha value is -0.780. The van der Waals surface area contributed by atoms with Crippen LogP contribution in [0.15, 0.2) is 42.5 Å². The Bertz CT molecular complexity index is 586. The van der Waals surface area contributed by atoms with Crippen LogP contribution in [0, 0.1) is 3.57 Å². The first-order valence-electron chi connectivity index (χ1n) is 7.06. The van der Waals surface area contributed by atoms with Crippen molar-refractivity contribution in [3.63, 3.8) is 0 Å². The third kappa shape index (κ3) is 4.87. The first kappa shape index (κ1) is 16.6. The van der Waals surface area contributed by atoms with Gasteiger partial charge in [0.2, 0.25) is 0 Å². The van der Waals surface area contributed by atoms with Crippen molar-refractivity contribution in [3.05, 3.63) is 56.6 Å². The molecule has 21 heavy (non-hydrogen) atoms. The summed E-state index contributed by atoms with van der Waals surface area (Å²) >= 11 is 8.60. The van der Waals surface area contributed by atoms with E-state index in [4.69, 9.17) is 16.3 Å². The van der Waals surface area contributed by atoms with Crippen molar-refractivity contribution in [2.45, 2.75) is 26.3 Å². The first-order valence-corrected chi connectivity index (χ1v) is 8.52. The first-order chi connectivity index (χ1) is 10.1. The third-order valence-corrected chi connectivity index (χ3v) is 4.21. The zero-order valence-corrected chi connectivity index (χ0v) is 15.1. The number of hydrogen-bond acceptors (Lipinski definition) is 2. The minimum Gasteiger partial charge on any atom is -0.456 e. The summed E-state index contributed by atoms with van der Waals surface area (Å²) in [6, 6.07) is 14.1. The number of halogens is 2. The van der Waals surface area contributed by atoms with Crippen molar-refractivity contribution in [2.24, 2.45) is 0 Å². The molecule has 2 rings (SSSR count). The van der Waals surface area contributed by atoms with Crippen LogP contribution in [-0.2, 0) is 0 Å². The Kier molecular flexibility index (Phi) is 6.33. The zero-order valence-electron chi connectivity index (χ0n) is 12.2. The van der Waals surface area contributed by atoms with E-state index in [-0.39, 0.29) is 6.04 Å². The highest BCUT2D eigenvalue weighted by Gasteiger charge is 2.09. The maximum Gasteiger partial charge on any atom is 0.146 e. The molecular formula is C17H19ClINO. The van der Waals surface area contributed by atoms with Crippen LogP contribution in [-0.4, -0.2) is 6.54 Å². The molecule has 2 aromatic rings. The molecule has 0 saturated carbocycles. The van der Waals surface area contributed by atoms with Gasteiger partial charge in [0.25, 0.3) is 0 Å². The minimum absolute atomic E-state index is 0.287. The second kappa shape index (κ2) is 8.01. The number of hydrogen-bond donors (Lipinski definition) is 1. The summed E-state index contributed by atoms with van der Waals surface area (Å²) in [6.45, 7) is 5.30. The van der Waals surface area contributed by atoms with E-state index in [9.17, 15) is 0 Å². The van der Waals surface area contributed by atoms with Crippen LogP contribution in [0.2, 0.25) is 5.02 Å². The highest BCUT2D eigenvalue weighted by molar-refractivity contribution is 14.1. The molecule has 0 bridgehead atoms. The van der Waals surface area contributed by atoms with Gasteiger partial charge in [-0.25, -0.2) is 0 Å². The molecule has 0 aliphatic carbocycles. The maximum atomic E-state index is 6.33. The lowest BCUT2D eigenvalue weighted by Gasteiger charge is -2.15. The second-order valence-electron chi connectivity index (χ2n) is 4.92. The fraction of sp³-hybridized carbons (Fsp3) is 0.294. The molecule has 0 aliphatic heterocycles. The molecule has 0 heterocycles. The number of nitrogens with one attached hydrogen (secondary N) is 1. The van der Waals surface area contributed by atoms with Gasteiger partial charge in [0.1, 0.15) is 11.5 Å².